The Morgan fingerprint density at radius 1 is 1.10 bits per heavy atom. The van der Waals surface area contributed by atoms with Crippen LogP contribution in [-0.2, 0) is 4.79 Å². The van der Waals surface area contributed by atoms with Gasteiger partial charge in [-0.25, -0.2) is 0 Å². The van der Waals surface area contributed by atoms with Crippen LogP contribution in [0.2, 0.25) is 0 Å². The zero-order valence-electron chi connectivity index (χ0n) is 11.6. The van der Waals surface area contributed by atoms with Gasteiger partial charge in [0.2, 0.25) is 0 Å². The number of carbonyl (C=O) groups excluding carboxylic acids is 1. The molecule has 0 saturated heterocycles. The Labute approximate surface area is 132 Å². The maximum atomic E-state index is 11.8. The Bertz CT molecular complexity index is 689. The standard InChI is InChI=1S/C18H15BrO2/c1-12(19)18-17(13-7-3-2-4-8-13)15(11-20)14-9-5-6-10-16(14)21-18/h2-12,15H,1H3. The third-order valence-electron chi connectivity index (χ3n) is 3.63. The second kappa shape index (κ2) is 5.86. The van der Waals surface area contributed by atoms with Gasteiger partial charge in [-0.05, 0) is 18.6 Å². The number of hydrogen-bond donors (Lipinski definition) is 0. The van der Waals surface area contributed by atoms with E-state index in [0.29, 0.717) is 0 Å². The molecule has 0 spiro atoms. The molecular weight excluding hydrogens is 328 g/mol. The molecule has 2 unspecified atom stereocenters. The number of carbonyl (C=O) groups is 1. The van der Waals surface area contributed by atoms with Gasteiger partial charge in [-0.1, -0.05) is 64.5 Å². The normalized spacial score (nSPS) is 18.7. The summed E-state index contributed by atoms with van der Waals surface area (Å²) in [4.78, 5) is 11.8. The number of halogens is 1. The lowest BCUT2D eigenvalue weighted by Crippen LogP contribution is -2.20. The van der Waals surface area contributed by atoms with E-state index in [9.17, 15) is 4.79 Å². The fourth-order valence-corrected chi connectivity index (χ4v) is 3.03. The predicted molar refractivity (Wildman–Crippen MR) is 87.6 cm³/mol. The van der Waals surface area contributed by atoms with E-state index in [1.165, 1.54) is 0 Å². The largest absolute Gasteiger partial charge is 0.460 e. The van der Waals surface area contributed by atoms with Crippen LogP contribution >= 0.6 is 15.9 Å². The summed E-state index contributed by atoms with van der Waals surface area (Å²) >= 11 is 3.58. The van der Waals surface area contributed by atoms with Crippen molar-refractivity contribution < 1.29 is 9.53 Å². The Morgan fingerprint density at radius 3 is 2.43 bits per heavy atom. The van der Waals surface area contributed by atoms with Gasteiger partial charge in [0.15, 0.2) is 0 Å². The van der Waals surface area contributed by atoms with Gasteiger partial charge in [-0.15, -0.1) is 0 Å². The minimum atomic E-state index is -0.299. The van der Waals surface area contributed by atoms with Gasteiger partial charge in [0.05, 0.1) is 10.7 Å². The summed E-state index contributed by atoms with van der Waals surface area (Å²) in [5.74, 6) is 1.26. The molecule has 106 valence electrons. The third-order valence-corrected chi connectivity index (χ3v) is 4.05. The second-order valence-electron chi connectivity index (χ2n) is 5.01. The summed E-state index contributed by atoms with van der Waals surface area (Å²) in [5, 5.41) is 0. The van der Waals surface area contributed by atoms with E-state index >= 15 is 0 Å². The van der Waals surface area contributed by atoms with E-state index < -0.39 is 0 Å². The molecule has 0 aromatic heterocycles. The topological polar surface area (TPSA) is 26.3 Å². The SMILES string of the molecule is CC(Br)C1=C(c2ccccc2)C(C=O)c2ccccc2O1. The second-order valence-corrected chi connectivity index (χ2v) is 6.39. The molecule has 2 nitrogen and oxygen atoms in total. The van der Waals surface area contributed by atoms with Crippen LogP contribution in [0.4, 0.5) is 0 Å². The van der Waals surface area contributed by atoms with Gasteiger partial charge in [0, 0.05) is 11.1 Å². The monoisotopic (exact) mass is 342 g/mol. The summed E-state index contributed by atoms with van der Waals surface area (Å²) in [6, 6.07) is 17.7. The van der Waals surface area contributed by atoms with Crippen molar-refractivity contribution in [2.24, 2.45) is 0 Å². The summed E-state index contributed by atoms with van der Waals surface area (Å²) in [7, 11) is 0. The van der Waals surface area contributed by atoms with Crippen molar-refractivity contribution in [2.75, 3.05) is 0 Å². The van der Waals surface area contributed by atoms with Gasteiger partial charge in [0.1, 0.15) is 17.8 Å². The highest BCUT2D eigenvalue weighted by Gasteiger charge is 2.31. The van der Waals surface area contributed by atoms with E-state index in [1.807, 2.05) is 61.5 Å². The van der Waals surface area contributed by atoms with E-state index in [0.717, 1.165) is 34.5 Å². The zero-order chi connectivity index (χ0) is 14.8. The molecule has 0 amide bonds. The lowest BCUT2D eigenvalue weighted by molar-refractivity contribution is -0.108. The molecule has 1 aliphatic rings. The summed E-state index contributed by atoms with van der Waals surface area (Å²) in [6.45, 7) is 2.01. The first-order chi connectivity index (χ1) is 10.2. The molecule has 0 fully saturated rings. The first-order valence-corrected chi connectivity index (χ1v) is 7.79. The van der Waals surface area contributed by atoms with Crippen molar-refractivity contribution in [3.63, 3.8) is 0 Å². The van der Waals surface area contributed by atoms with Crippen LogP contribution in [0.15, 0.2) is 60.4 Å². The van der Waals surface area contributed by atoms with Crippen LogP contribution in [0, 0.1) is 0 Å². The summed E-state index contributed by atoms with van der Waals surface area (Å²) < 4.78 is 6.07. The molecule has 2 aromatic rings. The maximum absolute atomic E-state index is 11.8. The number of aldehydes is 1. The van der Waals surface area contributed by atoms with Crippen molar-refractivity contribution in [3.8, 4) is 5.75 Å². The minimum Gasteiger partial charge on any atom is -0.460 e. The van der Waals surface area contributed by atoms with Gasteiger partial charge in [-0.3, -0.25) is 0 Å². The summed E-state index contributed by atoms with van der Waals surface area (Å²) in [6.07, 6.45) is 0.999. The van der Waals surface area contributed by atoms with Crippen LogP contribution < -0.4 is 4.74 Å². The van der Waals surface area contributed by atoms with Gasteiger partial charge in [-0.2, -0.15) is 0 Å². The van der Waals surface area contributed by atoms with Crippen molar-refractivity contribution in [2.45, 2.75) is 17.7 Å². The number of allylic oxidation sites excluding steroid dienone is 2. The van der Waals surface area contributed by atoms with E-state index in [2.05, 4.69) is 15.9 Å². The van der Waals surface area contributed by atoms with E-state index in [1.54, 1.807) is 0 Å². The fraction of sp³-hybridized carbons (Fsp3) is 0.167. The fourth-order valence-electron chi connectivity index (χ4n) is 2.69. The Hall–Kier alpha value is -1.87. The molecule has 0 N–H and O–H groups in total. The average molecular weight is 343 g/mol. The molecule has 3 rings (SSSR count). The lowest BCUT2D eigenvalue weighted by atomic mass is 9.84. The molecule has 3 heteroatoms. The van der Waals surface area contributed by atoms with Crippen LogP contribution in [-0.4, -0.2) is 11.1 Å². The van der Waals surface area contributed by atoms with E-state index in [4.69, 9.17) is 4.74 Å². The Morgan fingerprint density at radius 2 is 1.76 bits per heavy atom. The Balaban J connectivity index is 2.23. The number of ether oxygens (including phenoxy) is 1. The van der Waals surface area contributed by atoms with Crippen molar-refractivity contribution in [1.82, 2.24) is 0 Å². The van der Waals surface area contributed by atoms with Crippen molar-refractivity contribution in [1.29, 1.82) is 0 Å². The number of alkyl halides is 1. The average Bonchev–Trinajstić information content (AvgIpc) is 2.53. The van der Waals surface area contributed by atoms with Crippen LogP contribution in [0.5, 0.6) is 5.75 Å². The van der Waals surface area contributed by atoms with Gasteiger partial charge in [0.25, 0.3) is 0 Å². The van der Waals surface area contributed by atoms with Crippen LogP contribution in [0.3, 0.4) is 0 Å². The zero-order valence-corrected chi connectivity index (χ0v) is 13.2. The van der Waals surface area contributed by atoms with Crippen LogP contribution in [0.1, 0.15) is 24.0 Å². The quantitative estimate of drug-likeness (QED) is 0.603. The van der Waals surface area contributed by atoms with Gasteiger partial charge < -0.3 is 9.53 Å². The lowest BCUT2D eigenvalue weighted by Gasteiger charge is -2.29. The highest BCUT2D eigenvalue weighted by molar-refractivity contribution is 9.09. The summed E-state index contributed by atoms with van der Waals surface area (Å²) in [5.41, 5.74) is 2.88. The molecule has 0 bridgehead atoms. The van der Waals surface area contributed by atoms with E-state index in [-0.39, 0.29) is 10.7 Å². The molecule has 0 aliphatic carbocycles. The first-order valence-electron chi connectivity index (χ1n) is 6.88. The smallest absolute Gasteiger partial charge is 0.132 e. The van der Waals surface area contributed by atoms with Crippen LogP contribution in [0.25, 0.3) is 5.57 Å². The number of para-hydroxylation sites is 1. The molecule has 0 radical (unpaired) electrons. The minimum absolute atomic E-state index is 0.0310. The molecule has 21 heavy (non-hydrogen) atoms. The van der Waals surface area contributed by atoms with Gasteiger partial charge >= 0.3 is 0 Å². The number of hydrogen-bond acceptors (Lipinski definition) is 2. The third kappa shape index (κ3) is 2.54. The number of benzene rings is 2. The van der Waals surface area contributed by atoms with Crippen molar-refractivity contribution >= 4 is 27.8 Å². The Kier molecular flexibility index (Phi) is 3.93. The first kappa shape index (κ1) is 14.1. The molecule has 0 saturated carbocycles. The molecule has 1 aliphatic heterocycles. The highest BCUT2D eigenvalue weighted by atomic mass is 79.9. The number of rotatable bonds is 3. The molecular formula is C18H15BrO2. The number of fused-ring (bicyclic) bond motifs is 1. The molecule has 1 heterocycles. The maximum Gasteiger partial charge on any atom is 0.132 e. The predicted octanol–water partition coefficient (Wildman–Crippen LogP) is 4.56. The molecule has 2 aromatic carbocycles. The molecule has 2 atom stereocenters. The highest BCUT2D eigenvalue weighted by Crippen LogP contribution is 2.44. The van der Waals surface area contributed by atoms with Crippen molar-refractivity contribution in [3.05, 3.63) is 71.5 Å².